The summed E-state index contributed by atoms with van der Waals surface area (Å²) in [5.41, 5.74) is -0.0222. The van der Waals surface area contributed by atoms with Crippen molar-refractivity contribution in [1.29, 1.82) is 0 Å². The summed E-state index contributed by atoms with van der Waals surface area (Å²) in [4.78, 5) is 0. The smallest absolute Gasteiger partial charge is 0.186 e. The van der Waals surface area contributed by atoms with Crippen LogP contribution in [0.4, 0.5) is 0 Å². The van der Waals surface area contributed by atoms with Gasteiger partial charge in [0.05, 0.1) is 31.0 Å². The van der Waals surface area contributed by atoms with Gasteiger partial charge in [-0.25, -0.2) is 0 Å². The normalized spacial score (nSPS) is 52.2. The van der Waals surface area contributed by atoms with Crippen LogP contribution in [-0.2, 0) is 9.47 Å². The summed E-state index contributed by atoms with van der Waals surface area (Å²) in [6, 6.07) is 0. The molecule has 4 aliphatic carbocycles. The van der Waals surface area contributed by atoms with Crippen LogP contribution in [0.15, 0.2) is 0 Å². The first-order valence-electron chi connectivity index (χ1n) is 16.3. The fourth-order valence-electron chi connectivity index (χ4n) is 10.6. The van der Waals surface area contributed by atoms with Crippen LogP contribution >= 0.6 is 0 Å². The first kappa shape index (κ1) is 32.0. The van der Waals surface area contributed by atoms with Gasteiger partial charge in [0.2, 0.25) is 0 Å². The minimum absolute atomic E-state index is 0.00663. The fourth-order valence-corrected chi connectivity index (χ4v) is 10.6. The van der Waals surface area contributed by atoms with E-state index in [0.717, 1.165) is 38.5 Å². The van der Waals surface area contributed by atoms with Crippen molar-refractivity contribution in [2.75, 3.05) is 13.2 Å². The Morgan fingerprint density at radius 2 is 1.51 bits per heavy atom. The Bertz CT molecular complexity index is 889. The van der Waals surface area contributed by atoms with E-state index in [-0.39, 0.29) is 53.8 Å². The van der Waals surface area contributed by atoms with E-state index >= 15 is 0 Å². The average molecular weight is 585 g/mol. The average Bonchev–Trinajstić information content (AvgIpc) is 3.21. The van der Waals surface area contributed by atoms with Gasteiger partial charge in [-0.3, -0.25) is 0 Å². The Morgan fingerprint density at radius 1 is 0.805 bits per heavy atom. The lowest BCUT2D eigenvalue weighted by molar-refractivity contribution is -0.288. The van der Waals surface area contributed by atoms with Gasteiger partial charge in [-0.15, -0.1) is 0 Å². The molecule has 5 rings (SSSR count). The molecule has 9 heteroatoms. The van der Waals surface area contributed by atoms with E-state index in [4.69, 9.17) is 9.47 Å². The van der Waals surface area contributed by atoms with Gasteiger partial charge in [0.1, 0.15) is 18.3 Å². The lowest BCUT2D eigenvalue weighted by Gasteiger charge is -2.62. The molecule has 7 N–H and O–H groups in total. The SMILES string of the molecule is C[C@H](CO)[C@H](CC[C@@H](C)[C@H]1C[C@H](O)[C@H]2[C@@H]3C[C@@H](O)[C@H]4C[C@@H](O)CC[C@]4(C)[C@H]3CC[C@@]21C)O[C@@H]1OC[C@@H](O)[C@H](O)[C@H]1O. The van der Waals surface area contributed by atoms with Crippen molar-refractivity contribution in [3.05, 3.63) is 0 Å². The molecule has 0 unspecified atom stereocenters. The van der Waals surface area contributed by atoms with Crippen molar-refractivity contribution >= 4 is 0 Å². The number of aliphatic hydroxyl groups is 7. The summed E-state index contributed by atoms with van der Waals surface area (Å²) in [5, 5.41) is 73.4. The summed E-state index contributed by atoms with van der Waals surface area (Å²) in [7, 11) is 0. The van der Waals surface area contributed by atoms with Crippen LogP contribution in [0.2, 0.25) is 0 Å². The summed E-state index contributed by atoms with van der Waals surface area (Å²) < 4.78 is 11.6. The second-order valence-electron chi connectivity index (χ2n) is 15.2. The predicted molar refractivity (Wildman–Crippen MR) is 151 cm³/mol. The predicted octanol–water partition coefficient (Wildman–Crippen LogP) is 1.82. The van der Waals surface area contributed by atoms with E-state index in [2.05, 4.69) is 20.8 Å². The van der Waals surface area contributed by atoms with Crippen molar-refractivity contribution in [2.45, 2.75) is 135 Å². The van der Waals surface area contributed by atoms with Gasteiger partial charge in [-0.1, -0.05) is 27.7 Å². The Balaban J connectivity index is 1.27. The van der Waals surface area contributed by atoms with E-state index in [0.29, 0.717) is 37.0 Å². The zero-order chi connectivity index (χ0) is 29.9. The third-order valence-corrected chi connectivity index (χ3v) is 13.0. The number of hydrogen-bond acceptors (Lipinski definition) is 9. The molecular weight excluding hydrogens is 528 g/mol. The Kier molecular flexibility index (Phi) is 9.54. The van der Waals surface area contributed by atoms with Gasteiger partial charge >= 0.3 is 0 Å². The number of fused-ring (bicyclic) bond motifs is 5. The zero-order valence-corrected chi connectivity index (χ0v) is 25.4. The van der Waals surface area contributed by atoms with Gasteiger partial charge in [0.15, 0.2) is 6.29 Å². The number of ether oxygens (including phenoxy) is 2. The topological polar surface area (TPSA) is 160 Å². The number of hydrogen-bond donors (Lipinski definition) is 7. The molecule has 1 heterocycles. The third-order valence-electron chi connectivity index (χ3n) is 13.0. The van der Waals surface area contributed by atoms with E-state index < -0.39 is 42.9 Å². The Morgan fingerprint density at radius 3 is 2.22 bits per heavy atom. The van der Waals surface area contributed by atoms with Crippen molar-refractivity contribution in [1.82, 2.24) is 0 Å². The van der Waals surface area contributed by atoms with Crippen LogP contribution in [0.5, 0.6) is 0 Å². The highest BCUT2D eigenvalue weighted by Gasteiger charge is 2.64. The molecule has 0 radical (unpaired) electrons. The number of rotatable bonds is 8. The summed E-state index contributed by atoms with van der Waals surface area (Å²) in [5.74, 6) is 1.43. The van der Waals surface area contributed by atoms with Gasteiger partial charge in [-0.05, 0) is 104 Å². The van der Waals surface area contributed by atoms with Gasteiger partial charge in [0, 0.05) is 12.5 Å². The second-order valence-corrected chi connectivity index (χ2v) is 15.2. The molecule has 4 saturated carbocycles. The Hall–Kier alpha value is -0.360. The second kappa shape index (κ2) is 12.2. The maximum Gasteiger partial charge on any atom is 0.186 e. The van der Waals surface area contributed by atoms with Crippen LogP contribution in [0, 0.1) is 52.3 Å². The van der Waals surface area contributed by atoms with Crippen LogP contribution in [0.1, 0.15) is 85.5 Å². The van der Waals surface area contributed by atoms with Crippen molar-refractivity contribution in [3.63, 3.8) is 0 Å². The Labute approximate surface area is 245 Å². The molecule has 0 amide bonds. The first-order valence-corrected chi connectivity index (χ1v) is 16.3. The molecule has 0 bridgehead atoms. The molecule has 0 spiro atoms. The lowest BCUT2D eigenvalue weighted by atomic mass is 9.43. The molecule has 41 heavy (non-hydrogen) atoms. The van der Waals surface area contributed by atoms with Crippen LogP contribution in [0.3, 0.4) is 0 Å². The quantitative estimate of drug-likeness (QED) is 0.226. The van der Waals surface area contributed by atoms with Crippen LogP contribution < -0.4 is 0 Å². The fraction of sp³-hybridized carbons (Fsp3) is 1.00. The molecule has 9 nitrogen and oxygen atoms in total. The lowest BCUT2D eigenvalue weighted by Crippen LogP contribution is -2.59. The van der Waals surface area contributed by atoms with E-state index in [9.17, 15) is 35.7 Å². The van der Waals surface area contributed by atoms with E-state index in [1.165, 1.54) is 0 Å². The van der Waals surface area contributed by atoms with Crippen molar-refractivity contribution in [3.8, 4) is 0 Å². The minimum atomic E-state index is -1.37. The maximum atomic E-state index is 11.6. The highest BCUT2D eigenvalue weighted by molar-refractivity contribution is 5.13. The molecule has 5 fully saturated rings. The van der Waals surface area contributed by atoms with Gasteiger partial charge in [0.25, 0.3) is 0 Å². The zero-order valence-electron chi connectivity index (χ0n) is 25.4. The molecule has 238 valence electrons. The highest BCUT2D eigenvalue weighted by Crippen LogP contribution is 2.68. The molecule has 5 aliphatic rings. The maximum absolute atomic E-state index is 11.6. The standard InChI is InChI=1S/C32H56O9/c1-16(5-6-26(17(2)14-33)41-30-29(39)28(38)25(37)15-40-30)21-13-24(36)27-19-12-23(35)22-11-18(34)7-9-31(22,3)20(19)8-10-32(21,27)4/h16-30,33-39H,5-15H2,1-4H3/t16-,17-,18+,19-,20+,21-,22-,23-,24+,25-,26+,27-,28+,29-,30+,31-,32-/m1/s1. The van der Waals surface area contributed by atoms with E-state index in [1.807, 2.05) is 6.92 Å². The molecule has 1 aliphatic heterocycles. The van der Waals surface area contributed by atoms with Gasteiger partial charge in [-0.2, -0.15) is 0 Å². The van der Waals surface area contributed by atoms with Crippen LogP contribution in [0.25, 0.3) is 0 Å². The summed E-state index contributed by atoms with van der Waals surface area (Å²) >= 11 is 0. The highest BCUT2D eigenvalue weighted by atomic mass is 16.7. The molecule has 0 aromatic heterocycles. The largest absolute Gasteiger partial charge is 0.396 e. The van der Waals surface area contributed by atoms with Crippen molar-refractivity contribution in [2.24, 2.45) is 52.3 Å². The first-order chi connectivity index (χ1) is 19.3. The molecular formula is C32H56O9. The number of aliphatic hydroxyl groups excluding tert-OH is 7. The molecule has 17 atom stereocenters. The van der Waals surface area contributed by atoms with Crippen molar-refractivity contribution < 1.29 is 45.2 Å². The summed E-state index contributed by atoms with van der Waals surface area (Å²) in [6.07, 6.45) is 0.976. The van der Waals surface area contributed by atoms with E-state index in [1.54, 1.807) is 0 Å². The van der Waals surface area contributed by atoms with Crippen LogP contribution in [-0.4, -0.2) is 98.0 Å². The van der Waals surface area contributed by atoms with Gasteiger partial charge < -0.3 is 45.2 Å². The summed E-state index contributed by atoms with van der Waals surface area (Å²) in [6.45, 7) is 8.62. The molecule has 0 aromatic rings. The monoisotopic (exact) mass is 584 g/mol. The molecule has 1 saturated heterocycles. The molecule has 0 aromatic carbocycles. The third kappa shape index (κ3) is 5.66. The minimum Gasteiger partial charge on any atom is -0.396 e.